The normalized spacial score (nSPS) is 11.7. The molecular weight excluding hydrogens is 268 g/mol. The third-order valence-corrected chi connectivity index (χ3v) is 4.09. The quantitative estimate of drug-likeness (QED) is 0.877. The lowest BCUT2D eigenvalue weighted by atomic mass is 10.4. The van der Waals surface area contributed by atoms with Gasteiger partial charge in [0.15, 0.2) is 0 Å². The van der Waals surface area contributed by atoms with Crippen LogP contribution in [0, 0.1) is 0 Å². The van der Waals surface area contributed by atoms with Crippen LogP contribution in [0.3, 0.4) is 0 Å². The lowest BCUT2D eigenvalue weighted by Crippen LogP contribution is -2.21. The van der Waals surface area contributed by atoms with Gasteiger partial charge in [-0.2, -0.15) is 0 Å². The molecule has 102 valence electrons. The fraction of sp³-hybridized carbons (Fsp3) is 0.273. The van der Waals surface area contributed by atoms with Gasteiger partial charge in [-0.3, -0.25) is 0 Å². The lowest BCUT2D eigenvalue weighted by Gasteiger charge is -2.08. The summed E-state index contributed by atoms with van der Waals surface area (Å²) in [6.07, 6.45) is 4.67. The fourth-order valence-corrected chi connectivity index (χ4v) is 2.16. The molecule has 2 heterocycles. The summed E-state index contributed by atoms with van der Waals surface area (Å²) in [5, 5.41) is 2.96. The van der Waals surface area contributed by atoms with E-state index in [-0.39, 0.29) is 5.09 Å². The molecule has 0 amide bonds. The van der Waals surface area contributed by atoms with Crippen LogP contribution in [-0.2, 0) is 16.6 Å². The molecule has 0 fully saturated rings. The molecule has 0 aromatic carbocycles. The Labute approximate surface area is 111 Å². The highest BCUT2D eigenvalue weighted by atomic mass is 32.2. The van der Waals surface area contributed by atoms with Crippen molar-refractivity contribution >= 4 is 15.7 Å². The number of nitrogens with zero attached hydrogens (tertiary/aromatic N) is 3. The molecule has 0 radical (unpaired) electrons. The molecule has 19 heavy (non-hydrogen) atoms. The van der Waals surface area contributed by atoms with E-state index in [1.165, 1.54) is 26.5 Å². The Morgan fingerprint density at radius 2 is 1.95 bits per heavy atom. The number of furan rings is 1. The zero-order chi connectivity index (χ0) is 13.9. The molecule has 2 aromatic rings. The average molecular weight is 282 g/mol. The van der Waals surface area contributed by atoms with Crippen LogP contribution in [0.5, 0.6) is 0 Å². The van der Waals surface area contributed by atoms with Gasteiger partial charge in [0, 0.05) is 14.1 Å². The Balaban J connectivity index is 2.06. The van der Waals surface area contributed by atoms with E-state index < -0.39 is 10.0 Å². The zero-order valence-corrected chi connectivity index (χ0v) is 11.4. The Morgan fingerprint density at radius 1 is 1.26 bits per heavy atom. The minimum Gasteiger partial charge on any atom is -0.446 e. The van der Waals surface area contributed by atoms with Crippen molar-refractivity contribution in [3.8, 4) is 0 Å². The highest BCUT2D eigenvalue weighted by Crippen LogP contribution is 2.17. The summed E-state index contributed by atoms with van der Waals surface area (Å²) in [6.45, 7) is 0.357. The number of hydrogen-bond acceptors (Lipinski definition) is 6. The Hall–Kier alpha value is -1.93. The molecular formula is C11H14N4O3S. The molecule has 2 rings (SSSR count). The van der Waals surface area contributed by atoms with Gasteiger partial charge in [0.1, 0.15) is 12.1 Å². The van der Waals surface area contributed by atoms with Crippen LogP contribution in [-0.4, -0.2) is 36.8 Å². The first-order chi connectivity index (χ1) is 9.00. The predicted octanol–water partition coefficient (Wildman–Crippen LogP) is 0.932. The maximum absolute atomic E-state index is 11.8. The van der Waals surface area contributed by atoms with Crippen molar-refractivity contribution in [2.75, 3.05) is 19.4 Å². The summed E-state index contributed by atoms with van der Waals surface area (Å²) in [6, 6.07) is 3.06. The third-order valence-electron chi connectivity index (χ3n) is 2.40. The first-order valence-electron chi connectivity index (χ1n) is 5.50. The average Bonchev–Trinajstić information content (AvgIpc) is 2.87. The highest BCUT2D eigenvalue weighted by molar-refractivity contribution is 7.88. The lowest BCUT2D eigenvalue weighted by molar-refractivity contribution is 0.402. The number of aromatic nitrogens is 2. The topological polar surface area (TPSA) is 88.3 Å². The van der Waals surface area contributed by atoms with Crippen molar-refractivity contribution < 1.29 is 12.8 Å². The molecule has 0 saturated carbocycles. The van der Waals surface area contributed by atoms with Crippen LogP contribution in [0.25, 0.3) is 0 Å². The Morgan fingerprint density at radius 3 is 2.58 bits per heavy atom. The molecule has 0 atom stereocenters. The standard InChI is InChI=1S/C11H14N4O3S/c1-15(2)19(16,17)11-4-3-10(18-11)7-14-9-5-12-8-13-6-9/h3-6,8,14H,7H2,1-2H3. The minimum atomic E-state index is -3.52. The van der Waals surface area contributed by atoms with Crippen molar-refractivity contribution in [2.24, 2.45) is 0 Å². The van der Waals surface area contributed by atoms with E-state index in [4.69, 9.17) is 4.42 Å². The molecule has 0 saturated heterocycles. The van der Waals surface area contributed by atoms with Crippen LogP contribution in [0.1, 0.15) is 5.76 Å². The molecule has 1 N–H and O–H groups in total. The first-order valence-corrected chi connectivity index (χ1v) is 6.94. The van der Waals surface area contributed by atoms with E-state index in [1.807, 2.05) is 0 Å². The number of sulfonamides is 1. The second kappa shape index (κ2) is 5.37. The van der Waals surface area contributed by atoms with Crippen molar-refractivity contribution in [1.82, 2.24) is 14.3 Å². The van der Waals surface area contributed by atoms with Gasteiger partial charge in [0.25, 0.3) is 10.0 Å². The molecule has 7 nitrogen and oxygen atoms in total. The molecule has 0 aliphatic rings. The maximum Gasteiger partial charge on any atom is 0.275 e. The first kappa shape index (κ1) is 13.5. The van der Waals surface area contributed by atoms with Crippen LogP contribution < -0.4 is 5.32 Å². The summed E-state index contributed by atoms with van der Waals surface area (Å²) in [4.78, 5) is 7.72. The Bertz CT molecular complexity index is 637. The van der Waals surface area contributed by atoms with Gasteiger partial charge in [-0.25, -0.2) is 22.7 Å². The van der Waals surface area contributed by atoms with E-state index in [2.05, 4.69) is 15.3 Å². The van der Waals surface area contributed by atoms with Gasteiger partial charge in [0.2, 0.25) is 5.09 Å². The summed E-state index contributed by atoms with van der Waals surface area (Å²) in [5.74, 6) is 0.518. The van der Waals surface area contributed by atoms with Crippen molar-refractivity contribution in [3.05, 3.63) is 36.6 Å². The van der Waals surface area contributed by atoms with E-state index in [9.17, 15) is 8.42 Å². The van der Waals surface area contributed by atoms with Gasteiger partial charge in [-0.15, -0.1) is 0 Å². The molecule has 0 aliphatic carbocycles. The van der Waals surface area contributed by atoms with Gasteiger partial charge in [0.05, 0.1) is 24.6 Å². The van der Waals surface area contributed by atoms with Gasteiger partial charge in [-0.05, 0) is 12.1 Å². The van der Waals surface area contributed by atoms with Crippen LogP contribution in [0.2, 0.25) is 0 Å². The molecule has 0 aliphatic heterocycles. The smallest absolute Gasteiger partial charge is 0.275 e. The highest BCUT2D eigenvalue weighted by Gasteiger charge is 2.21. The Kier molecular flexibility index (Phi) is 3.82. The van der Waals surface area contributed by atoms with Crippen molar-refractivity contribution in [1.29, 1.82) is 0 Å². The fourth-order valence-electron chi connectivity index (χ4n) is 1.35. The zero-order valence-electron chi connectivity index (χ0n) is 10.6. The van der Waals surface area contributed by atoms with Crippen LogP contribution >= 0.6 is 0 Å². The maximum atomic E-state index is 11.8. The second-order valence-corrected chi connectivity index (χ2v) is 6.07. The van der Waals surface area contributed by atoms with Crippen molar-refractivity contribution in [2.45, 2.75) is 11.6 Å². The molecule has 0 unspecified atom stereocenters. The summed E-state index contributed by atoms with van der Waals surface area (Å²) >= 11 is 0. The van der Waals surface area contributed by atoms with Gasteiger partial charge < -0.3 is 9.73 Å². The van der Waals surface area contributed by atoms with E-state index in [0.29, 0.717) is 12.3 Å². The summed E-state index contributed by atoms with van der Waals surface area (Å²) < 4.78 is 30.0. The predicted molar refractivity (Wildman–Crippen MR) is 68.9 cm³/mol. The summed E-state index contributed by atoms with van der Waals surface area (Å²) in [5.41, 5.74) is 0.732. The van der Waals surface area contributed by atoms with Gasteiger partial charge >= 0.3 is 0 Å². The molecule has 8 heteroatoms. The van der Waals surface area contributed by atoms with Crippen LogP contribution in [0.4, 0.5) is 5.69 Å². The minimum absolute atomic E-state index is 0.0707. The molecule has 0 spiro atoms. The van der Waals surface area contributed by atoms with Crippen LogP contribution in [0.15, 0.2) is 40.4 Å². The third kappa shape index (κ3) is 3.09. The number of anilines is 1. The van der Waals surface area contributed by atoms with Gasteiger partial charge in [-0.1, -0.05) is 0 Å². The number of nitrogens with one attached hydrogen (secondary N) is 1. The summed E-state index contributed by atoms with van der Waals surface area (Å²) in [7, 11) is -0.614. The molecule has 0 bridgehead atoms. The van der Waals surface area contributed by atoms with E-state index >= 15 is 0 Å². The SMILES string of the molecule is CN(C)S(=O)(=O)c1ccc(CNc2cncnc2)o1. The van der Waals surface area contributed by atoms with E-state index in [0.717, 1.165) is 9.99 Å². The second-order valence-electron chi connectivity index (χ2n) is 3.99. The van der Waals surface area contributed by atoms with Crippen molar-refractivity contribution in [3.63, 3.8) is 0 Å². The monoisotopic (exact) mass is 282 g/mol. The largest absolute Gasteiger partial charge is 0.446 e. The van der Waals surface area contributed by atoms with E-state index in [1.54, 1.807) is 18.5 Å². The number of rotatable bonds is 5. The molecule has 2 aromatic heterocycles. The number of hydrogen-bond donors (Lipinski definition) is 1.